The molecule has 0 saturated carbocycles. The van der Waals surface area contributed by atoms with Gasteiger partial charge in [0.1, 0.15) is 23.0 Å². The molecular formula is C46H49F6LiN2O9S2. The number of hydrogen-bond donors (Lipinski definition) is 0. The van der Waals surface area contributed by atoms with Gasteiger partial charge in [0.15, 0.2) is 0 Å². The molecule has 0 aliphatic heterocycles. The van der Waals surface area contributed by atoms with Crippen LogP contribution >= 0.6 is 23.5 Å². The second-order valence-electron chi connectivity index (χ2n) is 13.5. The Morgan fingerprint density at radius 1 is 0.606 bits per heavy atom. The van der Waals surface area contributed by atoms with E-state index in [0.717, 1.165) is 74.6 Å². The zero-order valence-corrected chi connectivity index (χ0v) is 38.6. The summed E-state index contributed by atoms with van der Waals surface area (Å²) in [4.78, 5) is 34.7. The molecule has 0 bridgehead atoms. The summed E-state index contributed by atoms with van der Waals surface area (Å²) in [5.41, 5.74) is 0.713. The molecule has 2 atom stereocenters. The summed E-state index contributed by atoms with van der Waals surface area (Å²) in [7, 11) is 1.63. The van der Waals surface area contributed by atoms with Crippen molar-refractivity contribution >= 4 is 35.8 Å². The number of nitrogens with zero attached hydrogens (tertiary/aromatic N) is 2. The van der Waals surface area contributed by atoms with Crippen LogP contribution in [-0.4, -0.2) is 56.2 Å². The first-order valence-corrected chi connectivity index (χ1v) is 21.4. The number of halogens is 6. The minimum atomic E-state index is -4.36. The normalized spacial score (nSPS) is 11.0. The van der Waals surface area contributed by atoms with Gasteiger partial charge in [-0.15, -0.1) is 23.5 Å². The van der Waals surface area contributed by atoms with Gasteiger partial charge in [0.2, 0.25) is 0 Å². The van der Waals surface area contributed by atoms with Gasteiger partial charge in [-0.05, 0) is 129 Å². The second-order valence-corrected chi connectivity index (χ2v) is 15.7. The van der Waals surface area contributed by atoms with Gasteiger partial charge in [0.05, 0.1) is 50.2 Å². The molecule has 0 radical (unpaired) electrons. The van der Waals surface area contributed by atoms with Gasteiger partial charge in [-0.2, -0.15) is 56.0 Å². The van der Waals surface area contributed by atoms with Crippen molar-refractivity contribution in [2.75, 3.05) is 38.4 Å². The van der Waals surface area contributed by atoms with E-state index in [-0.39, 0.29) is 48.5 Å². The number of ether oxygens (including phenoxy) is 4. The number of alkyl halides is 6. The van der Waals surface area contributed by atoms with E-state index < -0.39 is 23.5 Å². The van der Waals surface area contributed by atoms with Crippen molar-refractivity contribution in [1.82, 2.24) is 0 Å². The molecule has 0 saturated heterocycles. The first kappa shape index (κ1) is 62.7. The third kappa shape index (κ3) is 26.0. The van der Waals surface area contributed by atoms with E-state index in [4.69, 9.17) is 48.6 Å². The molecule has 4 aromatic rings. The number of benzene rings is 4. The van der Waals surface area contributed by atoms with E-state index in [1.54, 1.807) is 30.6 Å². The molecule has 0 amide bonds. The molecule has 1 N–H and O–H groups in total. The van der Waals surface area contributed by atoms with Crippen molar-refractivity contribution < 1.29 is 88.8 Å². The van der Waals surface area contributed by atoms with E-state index in [0.29, 0.717) is 57.0 Å². The maximum absolute atomic E-state index is 12.7. The van der Waals surface area contributed by atoms with Crippen LogP contribution in [0, 0.1) is 48.3 Å². The Kier molecular flexibility index (Phi) is 33.2. The Balaban J connectivity index is 0. The minimum absolute atomic E-state index is 0. The maximum atomic E-state index is 12.7. The summed E-state index contributed by atoms with van der Waals surface area (Å²) >= 11 is 3.33. The van der Waals surface area contributed by atoms with Crippen LogP contribution in [-0.2, 0) is 31.5 Å². The zero-order valence-electron chi connectivity index (χ0n) is 37.0. The minimum Gasteiger partial charge on any atom is -0.870 e. The Morgan fingerprint density at radius 2 is 0.970 bits per heavy atom. The molecule has 20 heteroatoms. The first-order chi connectivity index (χ1) is 30.5. The maximum Gasteiger partial charge on any atom is 1.00 e. The van der Waals surface area contributed by atoms with E-state index >= 15 is 0 Å². The average Bonchev–Trinajstić information content (AvgIpc) is 3.26. The molecule has 66 heavy (non-hydrogen) atoms. The van der Waals surface area contributed by atoms with E-state index in [1.807, 2.05) is 44.2 Å². The number of aryl methyl sites for hydroxylation is 2. The van der Waals surface area contributed by atoms with Crippen molar-refractivity contribution in [1.29, 1.82) is 10.5 Å². The summed E-state index contributed by atoms with van der Waals surface area (Å²) in [5, 5.41) is 17.8. The van der Waals surface area contributed by atoms with Crippen molar-refractivity contribution in [2.45, 2.75) is 75.0 Å². The van der Waals surface area contributed by atoms with Gasteiger partial charge >= 0.3 is 43.5 Å². The molecule has 2 unspecified atom stereocenters. The van der Waals surface area contributed by atoms with Crippen LogP contribution in [0.25, 0.3) is 0 Å². The van der Waals surface area contributed by atoms with Gasteiger partial charge in [-0.1, -0.05) is 6.92 Å². The molecule has 4 rings (SSSR count). The fourth-order valence-corrected chi connectivity index (χ4v) is 7.56. The fourth-order valence-electron chi connectivity index (χ4n) is 5.33. The number of rotatable bonds is 20. The van der Waals surface area contributed by atoms with E-state index in [1.165, 1.54) is 24.3 Å². The van der Waals surface area contributed by atoms with E-state index in [2.05, 4.69) is 25.1 Å². The third-order valence-corrected chi connectivity index (χ3v) is 11.1. The first-order valence-electron chi connectivity index (χ1n) is 19.5. The molecule has 352 valence electrons. The number of hydrogen-bond acceptors (Lipinski definition) is 13. The summed E-state index contributed by atoms with van der Waals surface area (Å²) in [6, 6.07) is 25.6. The van der Waals surface area contributed by atoms with Crippen LogP contribution < -0.4 is 37.8 Å². The fraction of sp³-hybridized carbons (Fsp3) is 0.391. The molecule has 0 spiro atoms. The molecule has 0 fully saturated rings. The van der Waals surface area contributed by atoms with Gasteiger partial charge in [-0.25, -0.2) is 0 Å². The molecule has 11 nitrogen and oxygen atoms in total. The Hall–Kier alpha value is -5.34. The van der Waals surface area contributed by atoms with Crippen LogP contribution in [0.2, 0.25) is 0 Å². The summed E-state index contributed by atoms with van der Waals surface area (Å²) in [5.74, 6) is 4.19. The average molecular weight is 959 g/mol. The van der Waals surface area contributed by atoms with Crippen LogP contribution in [0.1, 0.15) is 61.3 Å². The van der Waals surface area contributed by atoms with Crippen LogP contribution in [0.4, 0.5) is 26.3 Å². The predicted octanol–water partition coefficient (Wildman–Crippen LogP) is 8.67. The van der Waals surface area contributed by atoms with Crippen LogP contribution in [0.5, 0.6) is 23.0 Å². The summed E-state index contributed by atoms with van der Waals surface area (Å²) < 4.78 is 98.2. The molecule has 4 aromatic carbocycles. The summed E-state index contributed by atoms with van der Waals surface area (Å²) in [6.45, 7) is 7.42. The standard InChI is InChI=1S/C23H26F3NO2S.C21H22F3NO2S.2CO2.Li.H2O/c1-3-13-28-22-11-10-21(14-17(22)2)30-16-18(5-4-12-27)15-29-20-8-6-19(7-9-20)23(24,25)26;1-15-12-19(9-10-20(15)26-2)28-14-16(4-3-11-25)13-27-18-7-5-17(6-8-18)21(22,23)24;2*2-1-3;;/h6-11,14,18H,3-5,13,15-16H2,1-2H3;5-10,12,16H,3-4,13-14H2,1-2H3;;;;1H2/q;;;;+1;/p-1. The summed E-state index contributed by atoms with van der Waals surface area (Å²) in [6.07, 6.45) is -5.12. The number of nitriles is 2. The zero-order chi connectivity index (χ0) is 48.0. The topological polar surface area (TPSA) is 183 Å². The SMILES string of the molecule is CCCOc1ccc(SCC(CCC#N)COc2ccc(C(F)(F)F)cc2)cc1C.COc1ccc(SCC(CCC#N)COc2ccc(C(F)(F)F)cc2)cc1C.O=C=O.O=C=O.[Li+].[OH-]. The van der Waals surface area contributed by atoms with E-state index in [9.17, 15) is 26.3 Å². The van der Waals surface area contributed by atoms with Crippen LogP contribution in [0.15, 0.2) is 94.7 Å². The number of carbonyl (C=O) groups excluding carboxylic acids is 4. The number of thioether (sulfide) groups is 2. The molecule has 0 aliphatic carbocycles. The van der Waals surface area contributed by atoms with Crippen molar-refractivity contribution in [2.24, 2.45) is 11.8 Å². The number of methoxy groups -OCH3 is 1. The Morgan fingerprint density at radius 3 is 1.27 bits per heavy atom. The second kappa shape index (κ2) is 34.9. The van der Waals surface area contributed by atoms with Gasteiger partial charge in [0.25, 0.3) is 0 Å². The Labute approximate surface area is 401 Å². The third-order valence-electron chi connectivity index (χ3n) is 8.61. The molecule has 0 heterocycles. The van der Waals surface area contributed by atoms with Crippen molar-refractivity contribution in [3.63, 3.8) is 0 Å². The van der Waals surface area contributed by atoms with Crippen molar-refractivity contribution in [3.8, 4) is 35.1 Å². The van der Waals surface area contributed by atoms with Crippen LogP contribution in [0.3, 0.4) is 0 Å². The smallest absolute Gasteiger partial charge is 0.870 e. The van der Waals surface area contributed by atoms with Crippen molar-refractivity contribution in [3.05, 3.63) is 107 Å². The monoisotopic (exact) mass is 958 g/mol. The molecule has 0 aliphatic rings. The van der Waals surface area contributed by atoms with Gasteiger partial charge < -0.3 is 24.4 Å². The Bertz CT molecular complexity index is 2110. The largest absolute Gasteiger partial charge is 1.00 e. The quantitative estimate of drug-likeness (QED) is 0.0467. The van der Waals surface area contributed by atoms with Gasteiger partial charge in [-0.3, -0.25) is 0 Å². The molecule has 0 aromatic heterocycles. The van der Waals surface area contributed by atoms with Gasteiger partial charge in [0, 0.05) is 46.0 Å². The molecular weight excluding hydrogens is 910 g/mol. The predicted molar refractivity (Wildman–Crippen MR) is 229 cm³/mol.